The van der Waals surface area contributed by atoms with Crippen LogP contribution in [0.25, 0.3) is 0 Å². The van der Waals surface area contributed by atoms with Crippen molar-refractivity contribution < 1.29 is 14.4 Å². The molecule has 7 nitrogen and oxygen atoms in total. The van der Waals surface area contributed by atoms with Crippen LogP contribution in [-0.2, 0) is 20.8 Å². The van der Waals surface area contributed by atoms with Gasteiger partial charge in [0, 0.05) is 43.4 Å². The first-order valence-corrected chi connectivity index (χ1v) is 16.8. The average molecular weight is 573 g/mol. The smallest absolute Gasteiger partial charge is 0.240 e. The van der Waals surface area contributed by atoms with Gasteiger partial charge in [-0.3, -0.25) is 14.4 Å². The molecule has 1 aliphatic heterocycles. The van der Waals surface area contributed by atoms with Crippen LogP contribution >= 0.6 is 11.3 Å². The van der Waals surface area contributed by atoms with E-state index in [2.05, 4.69) is 30.4 Å². The molecule has 4 rings (SSSR count). The fourth-order valence-corrected chi connectivity index (χ4v) is 7.52. The molecule has 1 N–H and O–H groups in total. The van der Waals surface area contributed by atoms with Crippen LogP contribution in [0.5, 0.6) is 0 Å². The molecule has 2 amide bonds. The fourth-order valence-electron chi connectivity index (χ4n) is 6.82. The SMILES string of the molecule is CN(C)CCCC[C@@H](NC1CCCCC1)C(=O)N1CCN(C(=O)CC2CCCC2)C[C@H]1C(=O)CCc1cccs1. The third kappa shape index (κ3) is 9.38. The van der Waals surface area contributed by atoms with Crippen LogP contribution in [0, 0.1) is 5.92 Å². The lowest BCUT2D eigenvalue weighted by atomic mass is 9.93. The van der Waals surface area contributed by atoms with Gasteiger partial charge < -0.3 is 20.0 Å². The number of nitrogens with zero attached hydrogens (tertiary/aromatic N) is 3. The fraction of sp³-hybridized carbons (Fsp3) is 0.781. The van der Waals surface area contributed by atoms with E-state index in [9.17, 15) is 14.4 Å². The van der Waals surface area contributed by atoms with Crippen molar-refractivity contribution in [3.63, 3.8) is 0 Å². The normalized spacial score (nSPS) is 21.7. The minimum absolute atomic E-state index is 0.0628. The Hall–Kier alpha value is -1.77. The molecule has 224 valence electrons. The molecule has 0 spiro atoms. The summed E-state index contributed by atoms with van der Waals surface area (Å²) in [5.74, 6) is 0.791. The second-order valence-corrected chi connectivity index (χ2v) is 13.7. The van der Waals surface area contributed by atoms with Crippen molar-refractivity contribution in [1.29, 1.82) is 0 Å². The number of Topliss-reactive ketones (excluding diaryl/α,β-unsaturated/α-hetero) is 1. The second kappa shape index (κ2) is 16.0. The molecule has 0 bridgehead atoms. The molecule has 0 aromatic carbocycles. The quantitative estimate of drug-likeness (QED) is 0.321. The molecule has 2 atom stereocenters. The van der Waals surface area contributed by atoms with Crippen LogP contribution in [-0.4, -0.2) is 90.7 Å². The van der Waals surface area contributed by atoms with E-state index in [1.165, 1.54) is 37.0 Å². The Balaban J connectivity index is 1.45. The summed E-state index contributed by atoms with van der Waals surface area (Å²) >= 11 is 1.67. The van der Waals surface area contributed by atoms with Gasteiger partial charge in [0.05, 0.1) is 6.04 Å². The van der Waals surface area contributed by atoms with Gasteiger partial charge in [-0.15, -0.1) is 11.3 Å². The minimum Gasteiger partial charge on any atom is -0.338 e. The highest BCUT2D eigenvalue weighted by atomic mass is 32.1. The Morgan fingerprint density at radius 1 is 1.02 bits per heavy atom. The Labute approximate surface area is 246 Å². The number of carbonyl (C=O) groups excluding carboxylic acids is 3. The highest BCUT2D eigenvalue weighted by molar-refractivity contribution is 7.09. The summed E-state index contributed by atoms with van der Waals surface area (Å²) in [4.78, 5) is 48.3. The molecule has 40 heavy (non-hydrogen) atoms. The van der Waals surface area contributed by atoms with Gasteiger partial charge in [0.15, 0.2) is 5.78 Å². The number of hydrogen-bond acceptors (Lipinski definition) is 6. The van der Waals surface area contributed by atoms with E-state index in [1.807, 2.05) is 21.2 Å². The zero-order valence-electron chi connectivity index (χ0n) is 25.0. The van der Waals surface area contributed by atoms with Gasteiger partial charge in [0.2, 0.25) is 11.8 Å². The minimum atomic E-state index is -0.550. The first kappa shape index (κ1) is 31.2. The highest BCUT2D eigenvalue weighted by Gasteiger charge is 2.39. The maximum atomic E-state index is 14.2. The van der Waals surface area contributed by atoms with E-state index in [1.54, 1.807) is 11.3 Å². The van der Waals surface area contributed by atoms with E-state index in [4.69, 9.17) is 0 Å². The zero-order valence-corrected chi connectivity index (χ0v) is 25.8. The number of rotatable bonds is 14. The Bertz CT molecular complexity index is 925. The molecule has 1 saturated heterocycles. The van der Waals surface area contributed by atoms with Gasteiger partial charge in [-0.25, -0.2) is 0 Å². The van der Waals surface area contributed by atoms with Crippen molar-refractivity contribution in [3.8, 4) is 0 Å². The third-order valence-electron chi connectivity index (χ3n) is 9.21. The molecule has 3 fully saturated rings. The molecule has 1 aromatic rings. The van der Waals surface area contributed by atoms with E-state index in [0.717, 1.165) is 51.5 Å². The van der Waals surface area contributed by atoms with Gasteiger partial charge in [-0.2, -0.15) is 0 Å². The third-order valence-corrected chi connectivity index (χ3v) is 10.1. The molecular formula is C32H52N4O3S. The monoisotopic (exact) mass is 572 g/mol. The lowest BCUT2D eigenvalue weighted by Gasteiger charge is -2.43. The number of thiophene rings is 1. The first-order chi connectivity index (χ1) is 19.4. The van der Waals surface area contributed by atoms with E-state index < -0.39 is 6.04 Å². The van der Waals surface area contributed by atoms with Crippen molar-refractivity contribution in [2.24, 2.45) is 5.92 Å². The highest BCUT2D eigenvalue weighted by Crippen LogP contribution is 2.29. The predicted octanol–water partition coefficient (Wildman–Crippen LogP) is 4.89. The van der Waals surface area contributed by atoms with Crippen LogP contribution in [0.3, 0.4) is 0 Å². The van der Waals surface area contributed by atoms with Crippen molar-refractivity contribution in [1.82, 2.24) is 20.0 Å². The first-order valence-electron chi connectivity index (χ1n) is 15.9. The van der Waals surface area contributed by atoms with Crippen LogP contribution in [0.2, 0.25) is 0 Å². The van der Waals surface area contributed by atoms with Crippen molar-refractivity contribution in [2.75, 3.05) is 40.3 Å². The molecule has 8 heteroatoms. The standard InChI is InChI=1S/C32H52N4O3S/c1-34(2)19-9-8-16-28(33-26-13-4-3-5-14-26)32(39)36-21-20-35(31(38)23-25-11-6-7-12-25)24-29(36)30(37)18-17-27-15-10-22-40-27/h10,15,22,25-26,28-29,33H,3-9,11-14,16-21,23-24H2,1-2H3/t28-,29+/m1/s1. The summed E-state index contributed by atoms with van der Waals surface area (Å²) < 4.78 is 0. The summed E-state index contributed by atoms with van der Waals surface area (Å²) in [6.45, 7) is 2.33. The van der Waals surface area contributed by atoms with Crippen molar-refractivity contribution in [2.45, 2.75) is 114 Å². The molecule has 2 heterocycles. The number of ketones is 1. The number of hydrogen-bond donors (Lipinski definition) is 1. The van der Waals surface area contributed by atoms with Crippen LogP contribution < -0.4 is 5.32 Å². The van der Waals surface area contributed by atoms with E-state index >= 15 is 0 Å². The Morgan fingerprint density at radius 3 is 2.48 bits per heavy atom. The van der Waals surface area contributed by atoms with Gasteiger partial charge >= 0.3 is 0 Å². The summed E-state index contributed by atoms with van der Waals surface area (Å²) in [5.41, 5.74) is 0. The van der Waals surface area contributed by atoms with Crippen LogP contribution in [0.1, 0.15) is 94.8 Å². The molecule has 2 aliphatic carbocycles. The maximum absolute atomic E-state index is 14.2. The summed E-state index contributed by atoms with van der Waals surface area (Å²) in [5, 5.41) is 5.78. The van der Waals surface area contributed by atoms with E-state index in [-0.39, 0.29) is 23.6 Å². The summed E-state index contributed by atoms with van der Waals surface area (Å²) in [6, 6.07) is 3.64. The molecular weight excluding hydrogens is 520 g/mol. The molecule has 0 radical (unpaired) electrons. The maximum Gasteiger partial charge on any atom is 0.240 e. The molecule has 2 saturated carbocycles. The van der Waals surface area contributed by atoms with Crippen molar-refractivity contribution in [3.05, 3.63) is 22.4 Å². The summed E-state index contributed by atoms with van der Waals surface area (Å²) in [6.07, 6.45) is 15.1. The van der Waals surface area contributed by atoms with Crippen LogP contribution in [0.4, 0.5) is 0 Å². The van der Waals surface area contributed by atoms with Gasteiger partial charge in [0.1, 0.15) is 6.04 Å². The topological polar surface area (TPSA) is 73.0 Å². The van der Waals surface area contributed by atoms with Gasteiger partial charge in [0.25, 0.3) is 0 Å². The predicted molar refractivity (Wildman–Crippen MR) is 163 cm³/mol. The molecule has 1 aromatic heterocycles. The van der Waals surface area contributed by atoms with Crippen molar-refractivity contribution >= 4 is 28.9 Å². The Morgan fingerprint density at radius 2 is 1.77 bits per heavy atom. The second-order valence-electron chi connectivity index (χ2n) is 12.6. The Kier molecular flexibility index (Phi) is 12.5. The summed E-state index contributed by atoms with van der Waals surface area (Å²) in [7, 11) is 4.17. The number of unbranched alkanes of at least 4 members (excludes halogenated alkanes) is 1. The lowest BCUT2D eigenvalue weighted by Crippen LogP contribution is -2.63. The number of amides is 2. The molecule has 0 unspecified atom stereocenters. The number of aryl methyl sites for hydroxylation is 1. The van der Waals surface area contributed by atoms with Gasteiger partial charge in [-0.1, -0.05) is 44.6 Å². The molecule has 3 aliphatic rings. The zero-order chi connectivity index (χ0) is 28.3. The lowest BCUT2D eigenvalue weighted by molar-refractivity contribution is -0.149. The number of nitrogens with one attached hydrogen (secondary N) is 1. The average Bonchev–Trinajstić information content (AvgIpc) is 3.68. The largest absolute Gasteiger partial charge is 0.338 e. The van der Waals surface area contributed by atoms with Gasteiger partial charge in [-0.05, 0) is 83.0 Å². The van der Waals surface area contributed by atoms with Crippen LogP contribution in [0.15, 0.2) is 17.5 Å². The number of piperazine rings is 1. The van der Waals surface area contributed by atoms with E-state index in [0.29, 0.717) is 50.9 Å². The number of carbonyl (C=O) groups is 3.